The molecule has 110 valence electrons. The Morgan fingerprint density at radius 3 is 2.86 bits per heavy atom. The second-order valence-electron chi connectivity index (χ2n) is 4.72. The number of halogens is 1. The van der Waals surface area contributed by atoms with Gasteiger partial charge in [-0.25, -0.2) is 0 Å². The quantitative estimate of drug-likeness (QED) is 0.394. The molecule has 0 aliphatic rings. The third-order valence-electron chi connectivity index (χ3n) is 3.48. The zero-order chi connectivity index (χ0) is 15.4. The Kier molecular flexibility index (Phi) is 4.65. The van der Waals surface area contributed by atoms with Crippen LogP contribution in [0.25, 0.3) is 0 Å². The molecule has 0 fully saturated rings. The zero-order valence-electron chi connectivity index (χ0n) is 11.9. The lowest BCUT2D eigenvalue weighted by atomic mass is 10.1. The number of nitrogens with two attached hydrogens (primary N) is 1. The van der Waals surface area contributed by atoms with Gasteiger partial charge < -0.3 is 15.8 Å². The summed E-state index contributed by atoms with van der Waals surface area (Å²) in [6, 6.07) is 9.44. The van der Waals surface area contributed by atoms with Crippen LogP contribution in [0.4, 0.5) is 5.69 Å². The third kappa shape index (κ3) is 3.25. The van der Waals surface area contributed by atoms with Gasteiger partial charge in [-0.2, -0.15) is 0 Å². The molecule has 21 heavy (non-hydrogen) atoms. The van der Waals surface area contributed by atoms with Crippen LogP contribution < -0.4 is 10.6 Å². The Bertz CT molecular complexity index is 660. The van der Waals surface area contributed by atoms with Gasteiger partial charge >= 0.3 is 0 Å². The number of pyridine rings is 1. The Balaban J connectivity index is 2.38. The van der Waals surface area contributed by atoms with Crippen LogP contribution in [-0.4, -0.2) is 23.1 Å². The van der Waals surface area contributed by atoms with Gasteiger partial charge in [-0.05, 0) is 30.7 Å². The summed E-state index contributed by atoms with van der Waals surface area (Å²) < 4.78 is 0. The summed E-state index contributed by atoms with van der Waals surface area (Å²) in [4.78, 5) is 6.12. The predicted octanol–water partition coefficient (Wildman–Crippen LogP) is 3.03. The van der Waals surface area contributed by atoms with E-state index in [1.165, 1.54) is 0 Å². The fourth-order valence-electron chi connectivity index (χ4n) is 2.14. The molecule has 0 aliphatic carbocycles. The largest absolute Gasteiger partial charge is 0.409 e. The van der Waals surface area contributed by atoms with Crippen molar-refractivity contribution in [1.82, 2.24) is 4.98 Å². The molecule has 0 radical (unpaired) electrons. The molecule has 0 saturated carbocycles. The van der Waals surface area contributed by atoms with Crippen LogP contribution in [0.2, 0.25) is 5.02 Å². The van der Waals surface area contributed by atoms with Crippen molar-refractivity contribution < 1.29 is 5.21 Å². The Morgan fingerprint density at radius 1 is 1.43 bits per heavy atom. The van der Waals surface area contributed by atoms with Gasteiger partial charge in [-0.3, -0.25) is 4.98 Å². The van der Waals surface area contributed by atoms with Crippen LogP contribution in [0.3, 0.4) is 0 Å². The van der Waals surface area contributed by atoms with Gasteiger partial charge in [-0.15, -0.1) is 0 Å². The van der Waals surface area contributed by atoms with Crippen LogP contribution in [0.1, 0.15) is 24.1 Å². The van der Waals surface area contributed by atoms with E-state index in [-0.39, 0.29) is 11.9 Å². The molecule has 1 heterocycles. The van der Waals surface area contributed by atoms with E-state index >= 15 is 0 Å². The molecule has 1 aromatic carbocycles. The molecule has 3 N–H and O–H groups in total. The van der Waals surface area contributed by atoms with Crippen molar-refractivity contribution in [3.05, 3.63) is 58.9 Å². The van der Waals surface area contributed by atoms with Crippen molar-refractivity contribution in [2.24, 2.45) is 10.9 Å². The van der Waals surface area contributed by atoms with Crippen molar-refractivity contribution in [2.75, 3.05) is 11.9 Å². The van der Waals surface area contributed by atoms with Gasteiger partial charge in [0.25, 0.3) is 0 Å². The predicted molar refractivity (Wildman–Crippen MR) is 85.0 cm³/mol. The first kappa shape index (κ1) is 15.1. The maximum atomic E-state index is 8.89. The summed E-state index contributed by atoms with van der Waals surface area (Å²) in [5.41, 5.74) is 8.20. The second kappa shape index (κ2) is 6.45. The molecule has 0 aliphatic heterocycles. The van der Waals surface area contributed by atoms with E-state index in [9.17, 15) is 0 Å². The fourth-order valence-corrected chi connectivity index (χ4v) is 2.34. The van der Waals surface area contributed by atoms with E-state index in [1.807, 2.05) is 36.2 Å². The van der Waals surface area contributed by atoms with E-state index in [1.54, 1.807) is 18.5 Å². The summed E-state index contributed by atoms with van der Waals surface area (Å²) in [6.45, 7) is 2.05. The van der Waals surface area contributed by atoms with Crippen molar-refractivity contribution in [3.8, 4) is 0 Å². The minimum absolute atomic E-state index is 0.0533. The minimum Gasteiger partial charge on any atom is -0.409 e. The van der Waals surface area contributed by atoms with Crippen molar-refractivity contribution >= 4 is 23.1 Å². The molecule has 1 unspecified atom stereocenters. The molecule has 0 spiro atoms. The van der Waals surface area contributed by atoms with Crippen LogP contribution in [0.5, 0.6) is 0 Å². The number of benzene rings is 1. The monoisotopic (exact) mass is 304 g/mol. The summed E-state index contributed by atoms with van der Waals surface area (Å²) in [7, 11) is 1.93. The molecule has 1 aromatic heterocycles. The van der Waals surface area contributed by atoms with E-state index < -0.39 is 0 Å². The molecular weight excluding hydrogens is 288 g/mol. The van der Waals surface area contributed by atoms with Crippen molar-refractivity contribution in [1.29, 1.82) is 0 Å². The number of hydrogen-bond acceptors (Lipinski definition) is 4. The highest BCUT2D eigenvalue weighted by molar-refractivity contribution is 6.30. The van der Waals surface area contributed by atoms with Gasteiger partial charge in [0.1, 0.15) is 0 Å². The number of aromatic nitrogens is 1. The second-order valence-corrected chi connectivity index (χ2v) is 5.16. The highest BCUT2D eigenvalue weighted by Gasteiger charge is 2.17. The van der Waals surface area contributed by atoms with Crippen molar-refractivity contribution in [3.63, 3.8) is 0 Å². The normalized spacial score (nSPS) is 13.0. The lowest BCUT2D eigenvalue weighted by molar-refractivity contribution is 0.318. The Morgan fingerprint density at radius 2 is 2.19 bits per heavy atom. The Labute approximate surface area is 128 Å². The summed E-state index contributed by atoms with van der Waals surface area (Å²) in [6.07, 6.45) is 3.29. The first-order valence-corrected chi connectivity index (χ1v) is 6.82. The molecule has 0 bridgehead atoms. The maximum absolute atomic E-state index is 8.89. The van der Waals surface area contributed by atoms with Gasteiger partial charge in [-0.1, -0.05) is 28.9 Å². The fraction of sp³-hybridized carbons (Fsp3) is 0.200. The average Bonchev–Trinajstić information content (AvgIpc) is 2.52. The van der Waals surface area contributed by atoms with Gasteiger partial charge in [0, 0.05) is 23.8 Å². The zero-order valence-corrected chi connectivity index (χ0v) is 12.6. The summed E-state index contributed by atoms with van der Waals surface area (Å²) in [5.74, 6) is 0.0533. The number of rotatable bonds is 4. The molecule has 2 rings (SSSR count). The number of amidine groups is 1. The molecule has 2 aromatic rings. The lowest BCUT2D eigenvalue weighted by Crippen LogP contribution is -2.26. The van der Waals surface area contributed by atoms with Gasteiger partial charge in [0.15, 0.2) is 5.84 Å². The number of anilines is 1. The van der Waals surface area contributed by atoms with E-state index in [4.69, 9.17) is 22.5 Å². The first-order chi connectivity index (χ1) is 10.0. The van der Waals surface area contributed by atoms with Crippen LogP contribution in [-0.2, 0) is 0 Å². The third-order valence-corrected chi connectivity index (χ3v) is 3.71. The molecule has 5 nitrogen and oxygen atoms in total. The smallest absolute Gasteiger partial charge is 0.172 e. The minimum atomic E-state index is 0.0533. The molecule has 0 amide bonds. The highest BCUT2D eigenvalue weighted by atomic mass is 35.5. The topological polar surface area (TPSA) is 74.7 Å². The number of oxime groups is 1. The molecule has 6 heteroatoms. The standard InChI is InChI=1S/C15H17ClN4O/c1-10(11-4-3-5-12(16)8-11)20(2)14-9-18-7-6-13(14)15(17)19-21/h3-10,21H,1-2H3,(H2,17,19). The SMILES string of the molecule is CC(c1cccc(Cl)c1)N(C)c1cnccc1/C(N)=N/O. The van der Waals surface area contributed by atoms with E-state index in [0.29, 0.717) is 10.6 Å². The van der Waals surface area contributed by atoms with Gasteiger partial charge in [0.05, 0.1) is 17.9 Å². The average molecular weight is 305 g/mol. The summed E-state index contributed by atoms with van der Waals surface area (Å²) >= 11 is 6.04. The molecule has 1 atom stereocenters. The lowest BCUT2D eigenvalue weighted by Gasteiger charge is -2.28. The van der Waals surface area contributed by atoms with Crippen LogP contribution in [0, 0.1) is 0 Å². The van der Waals surface area contributed by atoms with Crippen molar-refractivity contribution in [2.45, 2.75) is 13.0 Å². The maximum Gasteiger partial charge on any atom is 0.172 e. The van der Waals surface area contributed by atoms with Gasteiger partial charge in [0.2, 0.25) is 0 Å². The van der Waals surface area contributed by atoms with Crippen LogP contribution in [0.15, 0.2) is 47.9 Å². The molecule has 0 saturated heterocycles. The first-order valence-electron chi connectivity index (χ1n) is 6.44. The number of nitrogens with zero attached hydrogens (tertiary/aromatic N) is 3. The van der Waals surface area contributed by atoms with Crippen LogP contribution >= 0.6 is 11.6 Å². The van der Waals surface area contributed by atoms with E-state index in [2.05, 4.69) is 17.1 Å². The molecular formula is C15H17ClN4O. The summed E-state index contributed by atoms with van der Waals surface area (Å²) in [5, 5.41) is 12.7. The highest BCUT2D eigenvalue weighted by Crippen LogP contribution is 2.28. The number of hydrogen-bond donors (Lipinski definition) is 2. The Hall–Kier alpha value is -2.27. The van der Waals surface area contributed by atoms with E-state index in [0.717, 1.165) is 11.3 Å².